The number of Topliss-reactive ketones (excluding diaryl/α,β-unsaturated/α-hetero) is 1. The highest BCUT2D eigenvalue weighted by Crippen LogP contribution is 2.31. The number of methoxy groups -OCH3 is 1. The van der Waals surface area contributed by atoms with Crippen LogP contribution in [-0.2, 0) is 19.5 Å². The Bertz CT molecular complexity index is 1110. The molecule has 5 rings (SSSR count). The van der Waals surface area contributed by atoms with E-state index in [4.69, 9.17) is 14.2 Å². The zero-order valence-electron chi connectivity index (χ0n) is 18.2. The molecular formula is C25H27BrN2O4. The van der Waals surface area contributed by atoms with Crippen molar-refractivity contribution in [3.8, 4) is 28.5 Å². The highest BCUT2D eigenvalue weighted by Gasteiger charge is 2.27. The molecule has 3 aromatic rings. The second kappa shape index (κ2) is 9.77. The largest absolute Gasteiger partial charge is 1.00 e. The summed E-state index contributed by atoms with van der Waals surface area (Å²) in [6.45, 7) is 2.34. The molecular weight excluding hydrogens is 472 g/mol. The molecule has 2 aliphatic rings. The maximum Gasteiger partial charge on any atom is 0.257 e. The Hall–Kier alpha value is -2.80. The van der Waals surface area contributed by atoms with Crippen LogP contribution in [0.3, 0.4) is 0 Å². The second-order valence-corrected chi connectivity index (χ2v) is 8.03. The Morgan fingerprint density at radius 3 is 2.59 bits per heavy atom. The van der Waals surface area contributed by atoms with E-state index >= 15 is 0 Å². The summed E-state index contributed by atoms with van der Waals surface area (Å²) < 4.78 is 21.1. The van der Waals surface area contributed by atoms with Crippen molar-refractivity contribution in [3.05, 3.63) is 60.0 Å². The van der Waals surface area contributed by atoms with Gasteiger partial charge in [-0.3, -0.25) is 4.79 Å². The van der Waals surface area contributed by atoms with Gasteiger partial charge in [-0.15, -0.1) is 0 Å². The van der Waals surface area contributed by atoms with Crippen LogP contribution in [0, 0.1) is 0 Å². The van der Waals surface area contributed by atoms with Crippen LogP contribution in [-0.4, -0.2) is 30.7 Å². The lowest BCUT2D eigenvalue weighted by molar-refractivity contribution is -0.690. The number of ketones is 1. The van der Waals surface area contributed by atoms with Crippen molar-refractivity contribution >= 4 is 5.78 Å². The fourth-order valence-corrected chi connectivity index (χ4v) is 4.44. The molecule has 0 N–H and O–H groups in total. The van der Waals surface area contributed by atoms with Crippen LogP contribution in [0.25, 0.3) is 11.3 Å². The van der Waals surface area contributed by atoms with Gasteiger partial charge in [0.1, 0.15) is 25.2 Å². The number of carbonyl (C=O) groups excluding carboxylic acids is 1. The van der Waals surface area contributed by atoms with Crippen LogP contribution in [0.15, 0.2) is 48.7 Å². The average Bonchev–Trinajstić information content (AvgIpc) is 2.98. The third kappa shape index (κ3) is 4.39. The zero-order valence-corrected chi connectivity index (χ0v) is 19.8. The van der Waals surface area contributed by atoms with Gasteiger partial charge < -0.3 is 31.2 Å². The highest BCUT2D eigenvalue weighted by molar-refractivity contribution is 5.95. The molecule has 2 aliphatic heterocycles. The average molecular weight is 499 g/mol. The molecule has 0 amide bonds. The first kappa shape index (κ1) is 22.4. The number of ether oxygens (including phenoxy) is 3. The third-order valence-electron chi connectivity index (χ3n) is 6.06. The van der Waals surface area contributed by atoms with Crippen molar-refractivity contribution in [2.45, 2.75) is 38.8 Å². The van der Waals surface area contributed by atoms with E-state index in [1.165, 1.54) is 12.2 Å². The molecule has 3 heterocycles. The number of hydrogen-bond donors (Lipinski definition) is 0. The number of imidazole rings is 1. The monoisotopic (exact) mass is 498 g/mol. The van der Waals surface area contributed by atoms with Gasteiger partial charge in [0.15, 0.2) is 23.7 Å². The normalized spacial score (nSPS) is 14.7. The predicted octanol–water partition coefficient (Wildman–Crippen LogP) is 0.836. The Kier molecular flexibility index (Phi) is 6.84. The van der Waals surface area contributed by atoms with E-state index in [-0.39, 0.29) is 22.8 Å². The van der Waals surface area contributed by atoms with E-state index in [0.29, 0.717) is 36.8 Å². The summed E-state index contributed by atoms with van der Waals surface area (Å²) in [7, 11) is 1.68. The summed E-state index contributed by atoms with van der Waals surface area (Å²) in [6.07, 6.45) is 6.61. The van der Waals surface area contributed by atoms with Crippen LogP contribution >= 0.6 is 0 Å². The number of halogens is 1. The standard InChI is InChI=1S/C25H27N2O4.BrH/c1-29-20-9-6-18(7-10-20)21-16-26(25-5-3-2-4-12-27(21)25)17-22(28)19-8-11-23-24(15-19)31-14-13-30-23;/h6-11,15-16H,2-5,12-14,17H2,1H3;1H/q+1;/p-1. The van der Waals surface area contributed by atoms with E-state index < -0.39 is 0 Å². The van der Waals surface area contributed by atoms with Gasteiger partial charge in [0.25, 0.3) is 5.82 Å². The first-order valence-corrected chi connectivity index (χ1v) is 10.9. The van der Waals surface area contributed by atoms with Crippen LogP contribution in [0.1, 0.15) is 35.4 Å². The van der Waals surface area contributed by atoms with Gasteiger partial charge in [-0.25, -0.2) is 9.13 Å². The number of carbonyl (C=O) groups is 1. The molecule has 0 spiro atoms. The summed E-state index contributed by atoms with van der Waals surface area (Å²) in [4.78, 5) is 13.2. The third-order valence-corrected chi connectivity index (χ3v) is 6.06. The molecule has 0 unspecified atom stereocenters. The smallest absolute Gasteiger partial charge is 0.257 e. The van der Waals surface area contributed by atoms with Crippen molar-refractivity contribution in [1.82, 2.24) is 4.57 Å². The zero-order chi connectivity index (χ0) is 21.2. The predicted molar refractivity (Wildman–Crippen MR) is 116 cm³/mol. The fraction of sp³-hybridized carbons (Fsp3) is 0.360. The highest BCUT2D eigenvalue weighted by atomic mass is 79.9. The van der Waals surface area contributed by atoms with E-state index in [2.05, 4.69) is 27.5 Å². The molecule has 32 heavy (non-hydrogen) atoms. The molecule has 0 bridgehead atoms. The van der Waals surface area contributed by atoms with E-state index in [1.807, 2.05) is 24.3 Å². The van der Waals surface area contributed by atoms with Gasteiger partial charge in [0, 0.05) is 17.5 Å². The van der Waals surface area contributed by atoms with Crippen LogP contribution < -0.4 is 35.8 Å². The minimum absolute atomic E-state index is 0. The fourth-order valence-electron chi connectivity index (χ4n) is 4.44. The van der Waals surface area contributed by atoms with Crippen molar-refractivity contribution in [3.63, 3.8) is 0 Å². The second-order valence-electron chi connectivity index (χ2n) is 8.03. The molecule has 7 heteroatoms. The molecule has 168 valence electrons. The van der Waals surface area contributed by atoms with Gasteiger partial charge in [0.2, 0.25) is 5.78 Å². The maximum absolute atomic E-state index is 13.2. The molecule has 1 aromatic heterocycles. The number of rotatable bonds is 5. The number of benzene rings is 2. The van der Waals surface area contributed by atoms with Gasteiger partial charge >= 0.3 is 0 Å². The topological polar surface area (TPSA) is 53.6 Å². The Morgan fingerprint density at radius 1 is 1.03 bits per heavy atom. The Labute approximate surface area is 198 Å². The number of fused-ring (bicyclic) bond motifs is 2. The van der Waals surface area contributed by atoms with Crippen LogP contribution in [0.2, 0.25) is 0 Å². The van der Waals surface area contributed by atoms with E-state index in [9.17, 15) is 4.79 Å². The SMILES string of the molecule is COc1ccc(-c2c[n+](CC(=O)c3ccc4c(c3)OCCO4)c3n2CCCCC3)cc1.[Br-]. The molecule has 0 saturated heterocycles. The summed E-state index contributed by atoms with van der Waals surface area (Å²) in [5.74, 6) is 3.48. The van der Waals surface area contributed by atoms with Crippen molar-refractivity contribution < 1.29 is 40.6 Å². The Balaban J connectivity index is 0.00000245. The Morgan fingerprint density at radius 2 is 1.81 bits per heavy atom. The summed E-state index contributed by atoms with van der Waals surface area (Å²) in [5, 5.41) is 0. The van der Waals surface area contributed by atoms with E-state index in [0.717, 1.165) is 42.8 Å². The molecule has 0 aliphatic carbocycles. The first-order valence-electron chi connectivity index (χ1n) is 10.9. The van der Waals surface area contributed by atoms with Gasteiger partial charge in [0.05, 0.1) is 13.7 Å². The summed E-state index contributed by atoms with van der Waals surface area (Å²) in [6, 6.07) is 13.6. The van der Waals surface area contributed by atoms with Crippen molar-refractivity contribution in [1.29, 1.82) is 0 Å². The molecule has 0 radical (unpaired) electrons. The number of aromatic nitrogens is 2. The minimum atomic E-state index is 0. The molecule has 2 aromatic carbocycles. The number of nitrogens with zero attached hydrogens (tertiary/aromatic N) is 2. The van der Waals surface area contributed by atoms with Gasteiger partial charge in [-0.1, -0.05) is 0 Å². The lowest BCUT2D eigenvalue weighted by atomic mass is 10.1. The molecule has 0 atom stereocenters. The lowest BCUT2D eigenvalue weighted by Gasteiger charge is -2.18. The maximum atomic E-state index is 13.2. The first-order chi connectivity index (χ1) is 15.2. The van der Waals surface area contributed by atoms with Gasteiger partial charge in [-0.05, 0) is 61.7 Å². The minimum Gasteiger partial charge on any atom is -1.00 e. The molecule has 6 nitrogen and oxygen atoms in total. The van der Waals surface area contributed by atoms with Crippen LogP contribution in [0.4, 0.5) is 0 Å². The summed E-state index contributed by atoms with van der Waals surface area (Å²) >= 11 is 0. The summed E-state index contributed by atoms with van der Waals surface area (Å²) in [5.41, 5.74) is 2.93. The molecule has 0 fully saturated rings. The van der Waals surface area contributed by atoms with Crippen molar-refractivity contribution in [2.24, 2.45) is 0 Å². The quantitative estimate of drug-likeness (QED) is 0.386. The lowest BCUT2D eigenvalue weighted by Crippen LogP contribution is -3.00. The van der Waals surface area contributed by atoms with E-state index in [1.54, 1.807) is 13.2 Å². The van der Waals surface area contributed by atoms with Crippen molar-refractivity contribution in [2.75, 3.05) is 20.3 Å². The van der Waals surface area contributed by atoms with Crippen LogP contribution in [0.5, 0.6) is 17.2 Å². The van der Waals surface area contributed by atoms with Gasteiger partial charge in [-0.2, -0.15) is 0 Å². The molecule has 0 saturated carbocycles. The number of hydrogen-bond acceptors (Lipinski definition) is 4.